The second-order valence-electron chi connectivity index (χ2n) is 9.11. The number of rotatable bonds is 9. The highest BCUT2D eigenvalue weighted by Crippen LogP contribution is 2.27. The third-order valence-electron chi connectivity index (χ3n) is 6.97. The Balaban J connectivity index is 1.39. The quantitative estimate of drug-likeness (QED) is 0.608. The van der Waals surface area contributed by atoms with Crippen molar-refractivity contribution in [1.82, 2.24) is 10.2 Å². The minimum Gasteiger partial charge on any atom is -0.369 e. The van der Waals surface area contributed by atoms with Crippen LogP contribution in [-0.4, -0.2) is 56.0 Å². The fourth-order valence-electron chi connectivity index (χ4n) is 4.74. The number of nitrogens with one attached hydrogen (secondary N) is 1. The van der Waals surface area contributed by atoms with E-state index >= 15 is 0 Å². The van der Waals surface area contributed by atoms with Gasteiger partial charge in [0.05, 0.1) is 0 Å². The van der Waals surface area contributed by atoms with Crippen molar-refractivity contribution in [3.8, 4) is 0 Å². The van der Waals surface area contributed by atoms with E-state index in [2.05, 4.69) is 46.3 Å². The van der Waals surface area contributed by atoms with Gasteiger partial charge in [0.1, 0.15) is 0 Å². The molecule has 3 N–H and O–H groups in total. The molecule has 1 aromatic carbocycles. The average molecular weight is 415 g/mol. The molecule has 0 spiro atoms. The van der Waals surface area contributed by atoms with Crippen LogP contribution in [0.25, 0.3) is 0 Å². The molecule has 1 aliphatic carbocycles. The van der Waals surface area contributed by atoms with E-state index in [1.807, 2.05) is 0 Å². The summed E-state index contributed by atoms with van der Waals surface area (Å²) in [5.41, 5.74) is 8.55. The number of piperazine rings is 1. The average Bonchev–Trinajstić information content (AvgIpc) is 2.78. The summed E-state index contributed by atoms with van der Waals surface area (Å²) >= 11 is 0. The Hall–Kier alpha value is -1.92. The largest absolute Gasteiger partial charge is 0.369 e. The number of imide groups is 1. The number of amides is 2. The minimum atomic E-state index is -0.210. The second-order valence-corrected chi connectivity index (χ2v) is 9.11. The summed E-state index contributed by atoms with van der Waals surface area (Å²) in [7, 11) is 0. The second kappa shape index (κ2) is 11.5. The van der Waals surface area contributed by atoms with Crippen LogP contribution in [0.4, 0.5) is 5.69 Å². The van der Waals surface area contributed by atoms with Crippen LogP contribution in [0.2, 0.25) is 0 Å². The first-order valence-corrected chi connectivity index (χ1v) is 11.6. The van der Waals surface area contributed by atoms with E-state index in [1.54, 1.807) is 0 Å². The molecule has 6 nitrogen and oxygen atoms in total. The van der Waals surface area contributed by atoms with Crippen molar-refractivity contribution in [3.63, 3.8) is 0 Å². The van der Waals surface area contributed by atoms with Crippen LogP contribution in [0.3, 0.4) is 0 Å². The standard InChI is InChI=1S/C24H38N4O2/c1-19(2-11-24(30)26-18-29)21-5-9-23(10-6-21)28-16-14-27(15-17-28)13-12-20-3-7-22(25)8-4-20/h5-6,9-10,18-20,22H,2-4,7-8,11-17,25H2,1H3,(H,26,29,30). The molecule has 0 aromatic heterocycles. The van der Waals surface area contributed by atoms with Gasteiger partial charge in [0, 0.05) is 44.3 Å². The molecule has 1 aromatic rings. The number of hydrogen-bond donors (Lipinski definition) is 2. The highest BCUT2D eigenvalue weighted by molar-refractivity contribution is 5.85. The lowest BCUT2D eigenvalue weighted by Gasteiger charge is -2.37. The Bertz CT molecular complexity index is 662. The van der Waals surface area contributed by atoms with Crippen molar-refractivity contribution in [3.05, 3.63) is 29.8 Å². The van der Waals surface area contributed by atoms with Crippen LogP contribution in [0, 0.1) is 5.92 Å². The van der Waals surface area contributed by atoms with Crippen LogP contribution in [0.15, 0.2) is 24.3 Å². The normalized spacial score (nSPS) is 23.7. The number of hydrogen-bond acceptors (Lipinski definition) is 5. The van der Waals surface area contributed by atoms with Gasteiger partial charge in [0.25, 0.3) is 0 Å². The van der Waals surface area contributed by atoms with Gasteiger partial charge in [-0.05, 0) is 74.6 Å². The number of benzene rings is 1. The molecule has 30 heavy (non-hydrogen) atoms. The highest BCUT2D eigenvalue weighted by Gasteiger charge is 2.21. The summed E-state index contributed by atoms with van der Waals surface area (Å²) in [4.78, 5) is 26.9. The monoisotopic (exact) mass is 414 g/mol. The van der Waals surface area contributed by atoms with Crippen LogP contribution < -0.4 is 16.0 Å². The van der Waals surface area contributed by atoms with Gasteiger partial charge in [-0.2, -0.15) is 0 Å². The maximum absolute atomic E-state index is 11.5. The number of nitrogens with two attached hydrogens (primary N) is 1. The Morgan fingerprint density at radius 1 is 1.13 bits per heavy atom. The Morgan fingerprint density at radius 3 is 2.43 bits per heavy atom. The molecule has 1 heterocycles. The van der Waals surface area contributed by atoms with Gasteiger partial charge in [-0.25, -0.2) is 0 Å². The van der Waals surface area contributed by atoms with Gasteiger partial charge in [0.15, 0.2) is 0 Å². The highest BCUT2D eigenvalue weighted by atomic mass is 16.2. The SMILES string of the molecule is CC(CCC(=O)NC=O)c1ccc(N2CCN(CCC3CCC(N)CC3)CC2)cc1. The molecular weight excluding hydrogens is 376 g/mol. The lowest BCUT2D eigenvalue weighted by Crippen LogP contribution is -2.47. The van der Waals surface area contributed by atoms with E-state index < -0.39 is 0 Å². The van der Waals surface area contributed by atoms with Crippen LogP contribution in [0.5, 0.6) is 0 Å². The van der Waals surface area contributed by atoms with E-state index in [0.29, 0.717) is 24.8 Å². The Morgan fingerprint density at radius 2 is 1.80 bits per heavy atom. The zero-order valence-electron chi connectivity index (χ0n) is 18.4. The lowest BCUT2D eigenvalue weighted by atomic mass is 9.84. The van der Waals surface area contributed by atoms with E-state index in [4.69, 9.17) is 5.73 Å². The van der Waals surface area contributed by atoms with Gasteiger partial charge >= 0.3 is 0 Å². The molecule has 0 radical (unpaired) electrons. The molecule has 1 saturated carbocycles. The van der Waals surface area contributed by atoms with Crippen molar-refractivity contribution in [2.75, 3.05) is 37.6 Å². The molecule has 2 fully saturated rings. The molecule has 1 atom stereocenters. The van der Waals surface area contributed by atoms with Gasteiger partial charge < -0.3 is 10.6 Å². The van der Waals surface area contributed by atoms with Crippen molar-refractivity contribution < 1.29 is 9.59 Å². The summed E-state index contributed by atoms with van der Waals surface area (Å²) in [5.74, 6) is 0.961. The number of carbonyl (C=O) groups is 2. The van der Waals surface area contributed by atoms with Gasteiger partial charge in [-0.3, -0.25) is 19.8 Å². The summed E-state index contributed by atoms with van der Waals surface area (Å²) in [6.07, 6.45) is 7.93. The molecule has 2 aliphatic rings. The van der Waals surface area contributed by atoms with E-state index in [-0.39, 0.29) is 5.91 Å². The van der Waals surface area contributed by atoms with Crippen LogP contribution in [-0.2, 0) is 9.59 Å². The van der Waals surface area contributed by atoms with Crippen molar-refractivity contribution >= 4 is 18.0 Å². The third-order valence-corrected chi connectivity index (χ3v) is 6.97. The predicted octanol–water partition coefficient (Wildman–Crippen LogP) is 2.87. The molecule has 0 bridgehead atoms. The number of anilines is 1. The molecular formula is C24H38N4O2. The van der Waals surface area contributed by atoms with Crippen LogP contribution in [0.1, 0.15) is 63.4 Å². The first kappa shape index (κ1) is 22.8. The van der Waals surface area contributed by atoms with Crippen LogP contribution >= 0.6 is 0 Å². The van der Waals surface area contributed by atoms with Gasteiger partial charge in [0.2, 0.25) is 12.3 Å². The number of nitrogens with zero attached hydrogens (tertiary/aromatic N) is 2. The molecule has 1 unspecified atom stereocenters. The smallest absolute Gasteiger partial charge is 0.226 e. The summed E-state index contributed by atoms with van der Waals surface area (Å²) < 4.78 is 0. The molecule has 3 rings (SSSR count). The zero-order chi connectivity index (χ0) is 21.3. The number of carbonyl (C=O) groups excluding carboxylic acids is 2. The summed E-state index contributed by atoms with van der Waals surface area (Å²) in [6.45, 7) is 7.78. The third kappa shape index (κ3) is 6.81. The maximum Gasteiger partial charge on any atom is 0.226 e. The van der Waals surface area contributed by atoms with E-state index in [9.17, 15) is 9.59 Å². The summed E-state index contributed by atoms with van der Waals surface area (Å²) in [6, 6.07) is 9.22. The molecule has 166 valence electrons. The molecule has 1 aliphatic heterocycles. The van der Waals surface area contributed by atoms with E-state index in [1.165, 1.54) is 49.9 Å². The van der Waals surface area contributed by atoms with Crippen molar-refractivity contribution in [2.45, 2.75) is 63.8 Å². The minimum absolute atomic E-state index is 0.210. The topological polar surface area (TPSA) is 78.7 Å². The molecule has 1 saturated heterocycles. The predicted molar refractivity (Wildman–Crippen MR) is 122 cm³/mol. The Kier molecular flexibility index (Phi) is 8.70. The first-order valence-electron chi connectivity index (χ1n) is 11.6. The summed E-state index contributed by atoms with van der Waals surface area (Å²) in [5, 5.41) is 2.20. The zero-order valence-corrected chi connectivity index (χ0v) is 18.4. The van der Waals surface area contributed by atoms with Crippen molar-refractivity contribution in [2.24, 2.45) is 11.7 Å². The first-order chi connectivity index (χ1) is 14.5. The van der Waals surface area contributed by atoms with Gasteiger partial charge in [-0.15, -0.1) is 0 Å². The van der Waals surface area contributed by atoms with Crippen molar-refractivity contribution in [1.29, 1.82) is 0 Å². The fraction of sp³-hybridized carbons (Fsp3) is 0.667. The van der Waals surface area contributed by atoms with E-state index in [0.717, 1.165) is 38.5 Å². The fourth-order valence-corrected chi connectivity index (χ4v) is 4.74. The Labute approximate surface area is 181 Å². The molecule has 2 amide bonds. The van der Waals surface area contributed by atoms with Gasteiger partial charge in [-0.1, -0.05) is 19.1 Å². The maximum atomic E-state index is 11.5. The molecule has 6 heteroatoms. The lowest BCUT2D eigenvalue weighted by molar-refractivity contribution is -0.125.